The molecule has 4 aliphatic carbocycles. The number of alkyl halides is 1. The van der Waals surface area contributed by atoms with Crippen LogP contribution in [0.15, 0.2) is 36.0 Å². The van der Waals surface area contributed by atoms with Crippen LogP contribution in [0.4, 0.5) is 0 Å². The minimum atomic E-state index is -0.724. The van der Waals surface area contributed by atoms with Crippen LogP contribution in [0, 0.1) is 34.0 Å². The molecule has 8 atom stereocenters. The number of aliphatic hydroxyl groups is 1. The maximum Gasteiger partial charge on any atom is 0.139 e. The molecule has 0 saturated heterocycles. The topological polar surface area (TPSA) is 37.3 Å². The lowest BCUT2D eigenvalue weighted by Gasteiger charge is -2.64. The van der Waals surface area contributed by atoms with Gasteiger partial charge in [0.15, 0.2) is 0 Å². The Morgan fingerprint density at radius 3 is 2.64 bits per heavy atom. The van der Waals surface area contributed by atoms with Gasteiger partial charge < -0.3 is 5.11 Å². The molecule has 3 saturated carbocycles. The molecule has 0 unspecified atom stereocenters. The minimum Gasteiger partial charge on any atom is -0.391 e. The Balaban J connectivity index is 1.84. The summed E-state index contributed by atoms with van der Waals surface area (Å²) in [6, 6.07) is 0. The minimum absolute atomic E-state index is 0.204. The van der Waals surface area contributed by atoms with Gasteiger partial charge in [-0.25, -0.2) is 0 Å². The number of fused-ring (bicyclic) bond motifs is 5. The van der Waals surface area contributed by atoms with Crippen molar-refractivity contribution >= 4 is 17.4 Å². The molecule has 0 aromatic rings. The summed E-state index contributed by atoms with van der Waals surface area (Å²) in [6.07, 6.45) is 9.92. The Bertz CT molecular complexity index is 796. The van der Waals surface area contributed by atoms with Crippen LogP contribution >= 0.6 is 11.6 Å². The fourth-order valence-electron chi connectivity index (χ4n) is 7.81. The van der Waals surface area contributed by atoms with E-state index in [-0.39, 0.29) is 22.2 Å². The molecule has 3 heteroatoms. The fraction of sp³-hybridized carbons (Fsp3) is 0.720. The van der Waals surface area contributed by atoms with Gasteiger partial charge in [0.25, 0.3) is 0 Å². The molecule has 0 spiro atoms. The lowest BCUT2D eigenvalue weighted by atomic mass is 9.44. The van der Waals surface area contributed by atoms with Gasteiger partial charge in [-0.05, 0) is 54.4 Å². The highest BCUT2D eigenvalue weighted by atomic mass is 35.5. The Kier molecular flexibility index (Phi) is 4.43. The summed E-state index contributed by atoms with van der Waals surface area (Å²) in [7, 11) is 0. The zero-order valence-corrected chi connectivity index (χ0v) is 18.8. The molecule has 4 rings (SSSR count). The first-order valence-electron chi connectivity index (χ1n) is 11.0. The van der Waals surface area contributed by atoms with Crippen molar-refractivity contribution in [2.45, 2.75) is 77.7 Å². The van der Waals surface area contributed by atoms with Gasteiger partial charge in [-0.1, -0.05) is 65.0 Å². The van der Waals surface area contributed by atoms with E-state index in [2.05, 4.69) is 52.5 Å². The van der Waals surface area contributed by atoms with Gasteiger partial charge in [-0.2, -0.15) is 0 Å². The molecule has 0 radical (unpaired) electrons. The van der Waals surface area contributed by atoms with E-state index in [1.165, 1.54) is 5.57 Å². The van der Waals surface area contributed by atoms with Crippen molar-refractivity contribution in [2.24, 2.45) is 34.0 Å². The van der Waals surface area contributed by atoms with E-state index in [1.54, 1.807) is 0 Å². The molecule has 0 aromatic heterocycles. The second-order valence-corrected chi connectivity index (χ2v) is 11.2. The van der Waals surface area contributed by atoms with E-state index < -0.39 is 11.0 Å². The largest absolute Gasteiger partial charge is 0.391 e. The molecule has 0 aromatic carbocycles. The average molecular weight is 403 g/mol. The number of rotatable bonds is 2. The second-order valence-electron chi connectivity index (χ2n) is 10.6. The summed E-state index contributed by atoms with van der Waals surface area (Å²) >= 11 is 7.52. The van der Waals surface area contributed by atoms with Crippen molar-refractivity contribution in [3.63, 3.8) is 0 Å². The van der Waals surface area contributed by atoms with E-state index >= 15 is 0 Å². The Hall–Kier alpha value is -0.860. The monoisotopic (exact) mass is 402 g/mol. The summed E-state index contributed by atoms with van der Waals surface area (Å²) in [6.45, 7) is 14.9. The van der Waals surface area contributed by atoms with Crippen LogP contribution in [-0.2, 0) is 4.79 Å². The fourth-order valence-corrected chi connectivity index (χ4v) is 8.33. The predicted molar refractivity (Wildman–Crippen MR) is 115 cm³/mol. The number of hydrogen-bond donors (Lipinski definition) is 1. The molecule has 4 aliphatic rings. The molecule has 3 fully saturated rings. The van der Waals surface area contributed by atoms with Crippen LogP contribution in [0.3, 0.4) is 0 Å². The summed E-state index contributed by atoms with van der Waals surface area (Å²) in [4.78, 5) is 12.4. The van der Waals surface area contributed by atoms with Crippen molar-refractivity contribution in [1.82, 2.24) is 0 Å². The molecular weight excluding hydrogens is 368 g/mol. The third kappa shape index (κ3) is 2.12. The number of Topliss-reactive ketones (excluding diaryl/α,β-unsaturated/α-hetero) is 1. The van der Waals surface area contributed by atoms with E-state index in [9.17, 15) is 9.90 Å². The number of carbonyl (C=O) groups is 1. The summed E-state index contributed by atoms with van der Waals surface area (Å²) in [5.74, 6) is 1.22. The quantitative estimate of drug-likeness (QED) is 0.588. The van der Waals surface area contributed by atoms with Crippen molar-refractivity contribution in [1.29, 1.82) is 0 Å². The zero-order valence-electron chi connectivity index (χ0n) is 18.0. The van der Waals surface area contributed by atoms with Crippen LogP contribution < -0.4 is 0 Å². The first-order valence-corrected chi connectivity index (χ1v) is 11.3. The predicted octanol–water partition coefficient (Wildman–Crippen LogP) is 5.85. The Morgan fingerprint density at radius 1 is 1.32 bits per heavy atom. The smallest absolute Gasteiger partial charge is 0.139 e. The standard InChI is InChI=1S/C25H35ClO2/c1-7-20(27)24(6)16(3)13-19-18-9-8-17-12-15(2)10-11-22(17,4)25(18,26)21(28)14-23(19,24)5/h10-12,16,18-19,21,28H,2,7-9,13-14H2,1,3-6H3/t16-,18-,19-,21-,22-,23-,24+,25-/m0/s1. The Morgan fingerprint density at radius 2 is 2.00 bits per heavy atom. The van der Waals surface area contributed by atoms with E-state index in [1.807, 2.05) is 6.92 Å². The SMILES string of the molecule is C=C1C=C[C@@]2(C)C(=C1)CC[C@H]1[C@@H]3C[C@H](C)[C@](C)(C(=O)CC)[C@@]3(C)C[C@H](O)[C@@]12Cl. The number of hydrogen-bond acceptors (Lipinski definition) is 2. The lowest BCUT2D eigenvalue weighted by molar-refractivity contribution is -0.151. The van der Waals surface area contributed by atoms with E-state index in [0.717, 1.165) is 24.8 Å². The van der Waals surface area contributed by atoms with Gasteiger partial charge in [-0.3, -0.25) is 4.79 Å². The number of halogens is 1. The maximum absolute atomic E-state index is 13.1. The molecule has 154 valence electrons. The molecular formula is C25H35ClO2. The van der Waals surface area contributed by atoms with Gasteiger partial charge in [0, 0.05) is 17.3 Å². The Labute approximate surface area is 175 Å². The van der Waals surface area contributed by atoms with Crippen molar-refractivity contribution in [3.05, 3.63) is 36.0 Å². The van der Waals surface area contributed by atoms with Crippen molar-refractivity contribution < 1.29 is 9.90 Å². The van der Waals surface area contributed by atoms with Gasteiger partial charge in [0.05, 0.1) is 11.0 Å². The molecule has 0 amide bonds. The number of carbonyl (C=O) groups excluding carboxylic acids is 1. The van der Waals surface area contributed by atoms with E-state index in [4.69, 9.17) is 11.6 Å². The van der Waals surface area contributed by atoms with Crippen molar-refractivity contribution in [3.8, 4) is 0 Å². The van der Waals surface area contributed by atoms with E-state index in [0.29, 0.717) is 30.5 Å². The highest BCUT2D eigenvalue weighted by Crippen LogP contribution is 2.73. The molecule has 1 N–H and O–H groups in total. The maximum atomic E-state index is 13.1. The molecule has 0 heterocycles. The average Bonchev–Trinajstić information content (AvgIpc) is 2.84. The lowest BCUT2D eigenvalue weighted by Crippen LogP contribution is -2.67. The summed E-state index contributed by atoms with van der Waals surface area (Å²) in [5.41, 5.74) is 1.35. The summed E-state index contributed by atoms with van der Waals surface area (Å²) in [5, 5.41) is 11.6. The van der Waals surface area contributed by atoms with Crippen LogP contribution in [0.5, 0.6) is 0 Å². The summed E-state index contributed by atoms with van der Waals surface area (Å²) < 4.78 is 0. The molecule has 28 heavy (non-hydrogen) atoms. The van der Waals surface area contributed by atoms with Crippen LogP contribution in [0.25, 0.3) is 0 Å². The van der Waals surface area contributed by atoms with Crippen molar-refractivity contribution in [2.75, 3.05) is 0 Å². The van der Waals surface area contributed by atoms with Crippen LogP contribution in [0.2, 0.25) is 0 Å². The van der Waals surface area contributed by atoms with Gasteiger partial charge in [-0.15, -0.1) is 11.6 Å². The number of ketones is 1. The first-order chi connectivity index (χ1) is 13.0. The third-order valence-corrected chi connectivity index (χ3v) is 10.7. The second kappa shape index (κ2) is 6.08. The van der Waals surface area contributed by atoms with Gasteiger partial charge in [0.1, 0.15) is 5.78 Å². The first kappa shape index (κ1) is 20.4. The van der Waals surface area contributed by atoms with Gasteiger partial charge >= 0.3 is 0 Å². The normalized spacial score (nSPS) is 52.5. The zero-order chi connectivity index (χ0) is 20.7. The highest BCUT2D eigenvalue weighted by Gasteiger charge is 2.73. The van der Waals surface area contributed by atoms with Gasteiger partial charge in [0.2, 0.25) is 0 Å². The highest BCUT2D eigenvalue weighted by molar-refractivity contribution is 6.26. The molecule has 0 bridgehead atoms. The molecule has 0 aliphatic heterocycles. The molecule has 2 nitrogen and oxygen atoms in total. The number of aliphatic hydroxyl groups excluding tert-OH is 1. The third-order valence-electron chi connectivity index (χ3n) is 9.80. The van der Waals surface area contributed by atoms with Crippen LogP contribution in [0.1, 0.15) is 66.7 Å². The number of allylic oxidation sites excluding steroid dienone is 5. The van der Waals surface area contributed by atoms with Crippen LogP contribution in [-0.4, -0.2) is 21.9 Å².